The van der Waals surface area contributed by atoms with E-state index in [9.17, 15) is 0 Å². The van der Waals surface area contributed by atoms with E-state index in [1.807, 2.05) is 43.4 Å². The molecule has 0 aliphatic heterocycles. The molecule has 2 rings (SSSR count). The minimum absolute atomic E-state index is 0.0550. The molecular weight excluding hydrogens is 262 g/mol. The van der Waals surface area contributed by atoms with Crippen LogP contribution in [-0.2, 0) is 4.84 Å². The Morgan fingerprint density at radius 1 is 1.10 bits per heavy atom. The van der Waals surface area contributed by atoms with Crippen LogP contribution in [0.15, 0.2) is 54.7 Å². The highest BCUT2D eigenvalue weighted by molar-refractivity contribution is 5.37. The van der Waals surface area contributed by atoms with Gasteiger partial charge < -0.3 is 4.90 Å². The molecule has 0 saturated heterocycles. The molecule has 1 aromatic heterocycles. The Kier molecular flexibility index (Phi) is 5.72. The number of benzene rings is 1. The third kappa shape index (κ3) is 4.85. The summed E-state index contributed by atoms with van der Waals surface area (Å²) in [5, 5.41) is 0. The van der Waals surface area contributed by atoms with Crippen LogP contribution in [0.3, 0.4) is 0 Å². The van der Waals surface area contributed by atoms with Crippen LogP contribution in [0.2, 0.25) is 0 Å². The van der Waals surface area contributed by atoms with E-state index < -0.39 is 0 Å². The summed E-state index contributed by atoms with van der Waals surface area (Å²) in [7, 11) is 2.02. The first-order valence-electron chi connectivity index (χ1n) is 7.25. The van der Waals surface area contributed by atoms with Gasteiger partial charge in [-0.25, -0.2) is 4.98 Å². The fourth-order valence-electron chi connectivity index (χ4n) is 2.02. The van der Waals surface area contributed by atoms with Crippen LogP contribution in [-0.4, -0.2) is 24.6 Å². The Balaban J connectivity index is 2.08. The molecule has 0 fully saturated rings. The normalized spacial score (nSPS) is 12.4. The molecule has 0 amide bonds. The lowest BCUT2D eigenvalue weighted by Crippen LogP contribution is -2.32. The largest absolute Gasteiger partial charge is 0.357 e. The van der Waals surface area contributed by atoms with E-state index in [0.717, 1.165) is 17.9 Å². The van der Waals surface area contributed by atoms with E-state index in [4.69, 9.17) is 4.84 Å². The Morgan fingerprint density at radius 2 is 1.81 bits per heavy atom. The molecule has 0 spiro atoms. The number of hydrogen-bond donors (Lipinski definition) is 1. The fraction of sp³-hybridized carbons (Fsp3) is 0.353. The first-order valence-corrected chi connectivity index (χ1v) is 7.25. The zero-order valence-electron chi connectivity index (χ0n) is 12.9. The first kappa shape index (κ1) is 15.5. The van der Waals surface area contributed by atoms with Gasteiger partial charge in [0.2, 0.25) is 0 Å². The van der Waals surface area contributed by atoms with Crippen molar-refractivity contribution in [1.82, 2.24) is 10.5 Å². The van der Waals surface area contributed by atoms with Gasteiger partial charge in [-0.2, -0.15) is 5.48 Å². The lowest BCUT2D eigenvalue weighted by molar-refractivity contribution is -0.0356. The maximum atomic E-state index is 5.86. The number of likely N-dealkylation sites (N-methyl/N-ethyl adjacent to an activating group) is 1. The summed E-state index contributed by atoms with van der Waals surface area (Å²) in [5.41, 5.74) is 4.20. The molecular formula is C17H23N3O. The number of hydroxylamine groups is 1. The van der Waals surface area contributed by atoms with Crippen LogP contribution in [0.1, 0.15) is 25.5 Å². The highest BCUT2D eigenvalue weighted by Gasteiger charge is 2.16. The Hall–Kier alpha value is -1.91. The van der Waals surface area contributed by atoms with Crippen molar-refractivity contribution in [2.75, 3.05) is 18.5 Å². The lowest BCUT2D eigenvalue weighted by atomic mass is 10.1. The fourth-order valence-corrected chi connectivity index (χ4v) is 2.02. The van der Waals surface area contributed by atoms with Gasteiger partial charge in [0, 0.05) is 19.3 Å². The Morgan fingerprint density at radius 3 is 2.43 bits per heavy atom. The van der Waals surface area contributed by atoms with Crippen LogP contribution in [0.4, 0.5) is 5.82 Å². The summed E-state index contributed by atoms with van der Waals surface area (Å²) in [4.78, 5) is 12.3. The molecule has 4 nitrogen and oxygen atoms in total. The van der Waals surface area contributed by atoms with E-state index in [1.165, 1.54) is 0 Å². The number of nitrogens with zero attached hydrogens (tertiary/aromatic N) is 2. The van der Waals surface area contributed by atoms with Gasteiger partial charge in [-0.3, -0.25) is 4.84 Å². The van der Waals surface area contributed by atoms with E-state index >= 15 is 0 Å². The molecule has 0 aliphatic carbocycles. The molecule has 1 N–H and O–H groups in total. The summed E-state index contributed by atoms with van der Waals surface area (Å²) in [6, 6.07) is 16.4. The molecule has 21 heavy (non-hydrogen) atoms. The average molecular weight is 285 g/mol. The smallest absolute Gasteiger partial charge is 0.128 e. The number of aromatic nitrogens is 1. The van der Waals surface area contributed by atoms with Gasteiger partial charge in [0.05, 0.1) is 6.54 Å². The van der Waals surface area contributed by atoms with E-state index in [-0.39, 0.29) is 12.1 Å². The molecule has 0 radical (unpaired) electrons. The van der Waals surface area contributed by atoms with Crippen molar-refractivity contribution < 1.29 is 4.84 Å². The average Bonchev–Trinajstić information content (AvgIpc) is 2.52. The van der Waals surface area contributed by atoms with Gasteiger partial charge in [0.15, 0.2) is 0 Å². The SMILES string of the molecule is CC(C)NOC(CN(C)c1ccccn1)c1ccccc1. The van der Waals surface area contributed by atoms with E-state index in [0.29, 0.717) is 0 Å². The second-order valence-corrected chi connectivity index (χ2v) is 5.36. The summed E-state index contributed by atoms with van der Waals surface area (Å²) in [5.74, 6) is 0.937. The molecule has 1 aromatic carbocycles. The second-order valence-electron chi connectivity index (χ2n) is 5.36. The monoisotopic (exact) mass is 285 g/mol. The van der Waals surface area contributed by atoms with Crippen LogP contribution in [0.25, 0.3) is 0 Å². The van der Waals surface area contributed by atoms with Gasteiger partial charge in [-0.1, -0.05) is 36.4 Å². The molecule has 0 bridgehead atoms. The maximum Gasteiger partial charge on any atom is 0.128 e. The van der Waals surface area contributed by atoms with E-state index in [1.54, 1.807) is 6.20 Å². The zero-order chi connectivity index (χ0) is 15.1. The van der Waals surface area contributed by atoms with Crippen LogP contribution >= 0.6 is 0 Å². The highest BCUT2D eigenvalue weighted by Crippen LogP contribution is 2.19. The number of pyridine rings is 1. The molecule has 0 aliphatic rings. The van der Waals surface area contributed by atoms with Gasteiger partial charge in [-0.05, 0) is 31.5 Å². The third-order valence-corrected chi connectivity index (χ3v) is 3.10. The summed E-state index contributed by atoms with van der Waals surface area (Å²) in [6.45, 7) is 4.84. The van der Waals surface area contributed by atoms with Crippen molar-refractivity contribution in [3.63, 3.8) is 0 Å². The molecule has 1 atom stereocenters. The van der Waals surface area contributed by atoms with Crippen molar-refractivity contribution in [1.29, 1.82) is 0 Å². The quantitative estimate of drug-likeness (QED) is 0.793. The van der Waals surface area contributed by atoms with Crippen LogP contribution < -0.4 is 10.4 Å². The minimum atomic E-state index is -0.0550. The maximum absolute atomic E-state index is 5.86. The molecule has 0 saturated carbocycles. The predicted octanol–water partition coefficient (Wildman–Crippen LogP) is 3.19. The molecule has 1 heterocycles. The Bertz CT molecular complexity index is 516. The second kappa shape index (κ2) is 7.76. The van der Waals surface area contributed by atoms with Crippen molar-refractivity contribution >= 4 is 5.82 Å². The van der Waals surface area contributed by atoms with Gasteiger partial charge in [-0.15, -0.1) is 0 Å². The van der Waals surface area contributed by atoms with Gasteiger partial charge in [0.25, 0.3) is 0 Å². The summed E-state index contributed by atoms with van der Waals surface area (Å²) in [6.07, 6.45) is 1.75. The number of hydrogen-bond acceptors (Lipinski definition) is 4. The molecule has 1 unspecified atom stereocenters. The number of rotatable bonds is 7. The van der Waals surface area contributed by atoms with Crippen molar-refractivity contribution in [2.24, 2.45) is 0 Å². The van der Waals surface area contributed by atoms with E-state index in [2.05, 4.69) is 41.3 Å². The molecule has 2 aromatic rings. The molecule has 4 heteroatoms. The van der Waals surface area contributed by atoms with Crippen LogP contribution in [0.5, 0.6) is 0 Å². The van der Waals surface area contributed by atoms with Gasteiger partial charge >= 0.3 is 0 Å². The predicted molar refractivity (Wildman–Crippen MR) is 86.0 cm³/mol. The van der Waals surface area contributed by atoms with Crippen molar-refractivity contribution in [3.8, 4) is 0 Å². The number of nitrogens with one attached hydrogen (secondary N) is 1. The Labute approximate surface area is 126 Å². The lowest BCUT2D eigenvalue weighted by Gasteiger charge is -2.26. The highest BCUT2D eigenvalue weighted by atomic mass is 16.7. The topological polar surface area (TPSA) is 37.4 Å². The standard InChI is InChI=1S/C17H23N3O/c1-14(2)19-21-16(15-9-5-4-6-10-15)13-20(3)17-11-7-8-12-18-17/h4-12,14,16,19H,13H2,1-3H3. The summed E-state index contributed by atoms with van der Waals surface area (Å²) < 4.78 is 0. The zero-order valence-corrected chi connectivity index (χ0v) is 12.9. The van der Waals surface area contributed by atoms with Gasteiger partial charge in [0.1, 0.15) is 11.9 Å². The van der Waals surface area contributed by atoms with Crippen molar-refractivity contribution in [3.05, 3.63) is 60.3 Å². The van der Waals surface area contributed by atoms with Crippen LogP contribution in [0, 0.1) is 0 Å². The van der Waals surface area contributed by atoms with Crippen molar-refractivity contribution in [2.45, 2.75) is 26.0 Å². The molecule has 112 valence electrons. The summed E-state index contributed by atoms with van der Waals surface area (Å²) >= 11 is 0. The minimum Gasteiger partial charge on any atom is -0.357 e. The third-order valence-electron chi connectivity index (χ3n) is 3.10. The number of anilines is 1. The first-order chi connectivity index (χ1) is 10.2.